The minimum Gasteiger partial charge on any atom is -0.324 e. The van der Waals surface area contributed by atoms with E-state index in [2.05, 4.69) is 20.8 Å². The Morgan fingerprint density at radius 1 is 1.07 bits per heavy atom. The molecule has 30 heavy (non-hydrogen) atoms. The Balaban J connectivity index is 1.44. The van der Waals surface area contributed by atoms with Gasteiger partial charge in [0.05, 0.1) is 12.3 Å². The van der Waals surface area contributed by atoms with Crippen LogP contribution in [0.2, 0.25) is 0 Å². The molecule has 1 atom stereocenters. The van der Waals surface area contributed by atoms with Crippen LogP contribution in [0.1, 0.15) is 17.2 Å². The monoisotopic (exact) mass is 422 g/mol. The molecule has 4 rings (SSSR count). The fourth-order valence-corrected chi connectivity index (χ4v) is 3.82. The van der Waals surface area contributed by atoms with Crippen molar-refractivity contribution in [2.45, 2.75) is 19.0 Å². The van der Waals surface area contributed by atoms with E-state index in [1.54, 1.807) is 24.3 Å². The van der Waals surface area contributed by atoms with Crippen LogP contribution in [0.4, 0.5) is 10.5 Å². The molecule has 1 saturated heterocycles. The van der Waals surface area contributed by atoms with Crippen LogP contribution in [0.15, 0.2) is 60.9 Å². The normalized spacial score (nSPS) is 14.7. The van der Waals surface area contributed by atoms with E-state index in [0.717, 1.165) is 22.9 Å². The molecule has 0 radical (unpaired) electrons. The van der Waals surface area contributed by atoms with Crippen LogP contribution < -0.4 is 5.32 Å². The second kappa shape index (κ2) is 8.87. The van der Waals surface area contributed by atoms with E-state index in [4.69, 9.17) is 0 Å². The number of carbonyl (C=O) groups is 3. The predicted molar refractivity (Wildman–Crippen MR) is 110 cm³/mol. The summed E-state index contributed by atoms with van der Waals surface area (Å²) < 4.78 is 1.43. The number of hydrogen-bond donors (Lipinski definition) is 1. The Morgan fingerprint density at radius 2 is 1.83 bits per heavy atom. The number of hydrogen-bond acceptors (Lipinski definition) is 7. The number of amides is 3. The van der Waals surface area contributed by atoms with Gasteiger partial charge in [0.25, 0.3) is 5.24 Å². The summed E-state index contributed by atoms with van der Waals surface area (Å²) in [5.41, 5.74) is 2.39. The molecule has 1 fully saturated rings. The molecular formula is C20H18N6O3S. The van der Waals surface area contributed by atoms with Crippen molar-refractivity contribution < 1.29 is 14.4 Å². The lowest BCUT2D eigenvalue weighted by atomic mass is 10.1. The number of benzene rings is 2. The first kappa shape index (κ1) is 19.8. The van der Waals surface area contributed by atoms with Crippen molar-refractivity contribution in [3.63, 3.8) is 0 Å². The molecule has 3 amide bonds. The van der Waals surface area contributed by atoms with Crippen LogP contribution in [-0.4, -0.2) is 47.9 Å². The summed E-state index contributed by atoms with van der Waals surface area (Å²) >= 11 is 1.01. The zero-order chi connectivity index (χ0) is 20.9. The van der Waals surface area contributed by atoms with Crippen LogP contribution in [0.3, 0.4) is 0 Å². The highest BCUT2D eigenvalue weighted by Gasteiger charge is 2.29. The van der Waals surface area contributed by atoms with Crippen LogP contribution in [0, 0.1) is 0 Å². The smallest absolute Gasteiger partial charge is 0.289 e. The van der Waals surface area contributed by atoms with Gasteiger partial charge >= 0.3 is 0 Å². The van der Waals surface area contributed by atoms with Gasteiger partial charge in [0.15, 0.2) is 0 Å². The number of imide groups is 1. The molecule has 1 N–H and O–H groups in total. The topological polar surface area (TPSA) is 110 Å². The van der Waals surface area contributed by atoms with E-state index in [0.29, 0.717) is 12.1 Å². The highest BCUT2D eigenvalue weighted by molar-refractivity contribution is 8.14. The lowest BCUT2D eigenvalue weighted by molar-refractivity contribution is -0.125. The summed E-state index contributed by atoms with van der Waals surface area (Å²) in [4.78, 5) is 37.6. The average molecular weight is 422 g/mol. The van der Waals surface area contributed by atoms with Crippen molar-refractivity contribution >= 4 is 34.5 Å². The van der Waals surface area contributed by atoms with E-state index in [1.807, 2.05) is 30.3 Å². The summed E-state index contributed by atoms with van der Waals surface area (Å²) in [5.74, 6) is -0.250. The summed E-state index contributed by atoms with van der Waals surface area (Å²) in [6, 6.07) is 16.1. The van der Waals surface area contributed by atoms with Crippen LogP contribution in [0.25, 0.3) is 0 Å². The first-order valence-corrected chi connectivity index (χ1v) is 10.2. The zero-order valence-corrected chi connectivity index (χ0v) is 16.7. The van der Waals surface area contributed by atoms with Gasteiger partial charge in [0, 0.05) is 12.1 Å². The number of rotatable bonds is 7. The van der Waals surface area contributed by atoms with Gasteiger partial charge < -0.3 is 5.32 Å². The van der Waals surface area contributed by atoms with E-state index in [-0.39, 0.29) is 29.4 Å². The van der Waals surface area contributed by atoms with E-state index in [1.165, 1.54) is 15.9 Å². The molecule has 1 aliphatic heterocycles. The minimum atomic E-state index is -0.612. The summed E-state index contributed by atoms with van der Waals surface area (Å²) in [6.07, 6.45) is 1.85. The zero-order valence-electron chi connectivity index (χ0n) is 15.8. The van der Waals surface area contributed by atoms with Gasteiger partial charge in [0.2, 0.25) is 11.8 Å². The number of carbonyl (C=O) groups excluding carboxylic acids is 3. The maximum Gasteiger partial charge on any atom is 0.289 e. The Morgan fingerprint density at radius 3 is 2.47 bits per heavy atom. The van der Waals surface area contributed by atoms with E-state index in [9.17, 15) is 14.4 Å². The Bertz CT molecular complexity index is 1020. The Hall–Kier alpha value is -3.53. The van der Waals surface area contributed by atoms with Crippen molar-refractivity contribution in [1.29, 1.82) is 0 Å². The summed E-state index contributed by atoms with van der Waals surface area (Å²) in [6.45, 7) is 0.222. The third kappa shape index (κ3) is 4.54. The number of anilines is 1. The molecule has 0 saturated carbocycles. The molecule has 0 aliphatic carbocycles. The Labute approximate surface area is 176 Å². The number of nitrogens with one attached hydrogen (secondary N) is 1. The summed E-state index contributed by atoms with van der Waals surface area (Å²) in [7, 11) is 0. The molecule has 9 nitrogen and oxygen atoms in total. The number of tetrazole rings is 1. The molecule has 1 aliphatic rings. The lowest BCUT2D eigenvalue weighted by Gasteiger charge is -2.17. The molecular weight excluding hydrogens is 404 g/mol. The number of aromatic nitrogens is 4. The maximum atomic E-state index is 12.9. The van der Waals surface area contributed by atoms with Gasteiger partial charge in [-0.1, -0.05) is 54.2 Å². The molecule has 10 heteroatoms. The molecule has 0 spiro atoms. The van der Waals surface area contributed by atoms with Crippen LogP contribution in [-0.2, 0) is 22.6 Å². The van der Waals surface area contributed by atoms with Crippen molar-refractivity contribution in [1.82, 2.24) is 25.1 Å². The number of nitrogens with zero attached hydrogens (tertiary/aromatic N) is 5. The average Bonchev–Trinajstić information content (AvgIpc) is 3.40. The van der Waals surface area contributed by atoms with Crippen molar-refractivity contribution in [2.24, 2.45) is 0 Å². The highest BCUT2D eigenvalue weighted by atomic mass is 32.2. The highest BCUT2D eigenvalue weighted by Crippen LogP contribution is 2.22. The van der Waals surface area contributed by atoms with Gasteiger partial charge in [-0.2, -0.15) is 0 Å². The SMILES string of the molecule is O=C(Nc1ccc(CN2C(=O)CSC2=O)cc1)C(Cc1ccccc1)n1cnnn1. The molecule has 152 valence electrons. The minimum absolute atomic E-state index is 0.187. The van der Waals surface area contributed by atoms with E-state index >= 15 is 0 Å². The molecule has 1 unspecified atom stereocenters. The third-order valence-electron chi connectivity index (χ3n) is 4.66. The second-order valence-corrected chi connectivity index (χ2v) is 7.64. The summed E-state index contributed by atoms with van der Waals surface area (Å²) in [5, 5.41) is 13.8. The fourth-order valence-electron chi connectivity index (χ4n) is 3.09. The van der Waals surface area contributed by atoms with Gasteiger partial charge in [-0.25, -0.2) is 4.68 Å². The number of thioether (sulfide) groups is 1. The van der Waals surface area contributed by atoms with Crippen molar-refractivity contribution in [3.8, 4) is 0 Å². The van der Waals surface area contributed by atoms with E-state index < -0.39 is 6.04 Å². The van der Waals surface area contributed by atoms with Crippen LogP contribution >= 0.6 is 11.8 Å². The van der Waals surface area contributed by atoms with Gasteiger partial charge in [-0.3, -0.25) is 19.3 Å². The molecule has 2 aromatic carbocycles. The van der Waals surface area contributed by atoms with Gasteiger partial charge in [-0.05, 0) is 33.7 Å². The van der Waals surface area contributed by atoms with Crippen LogP contribution in [0.5, 0.6) is 0 Å². The van der Waals surface area contributed by atoms with Gasteiger partial charge in [-0.15, -0.1) is 5.10 Å². The first-order chi connectivity index (χ1) is 14.6. The van der Waals surface area contributed by atoms with Crippen molar-refractivity contribution in [3.05, 3.63) is 72.1 Å². The maximum absolute atomic E-state index is 12.9. The van der Waals surface area contributed by atoms with Gasteiger partial charge in [0.1, 0.15) is 12.4 Å². The second-order valence-electron chi connectivity index (χ2n) is 6.72. The fraction of sp³-hybridized carbons (Fsp3) is 0.200. The third-order valence-corrected chi connectivity index (χ3v) is 5.52. The quantitative estimate of drug-likeness (QED) is 0.622. The molecule has 3 aromatic rings. The standard InChI is InChI=1S/C20H18N6O3S/c27-18-12-30-20(29)25(18)11-15-6-8-16(9-7-15)22-19(28)17(26-13-21-23-24-26)10-14-4-2-1-3-5-14/h1-9,13,17H,10-12H2,(H,22,28). The lowest BCUT2D eigenvalue weighted by Crippen LogP contribution is -2.28. The predicted octanol–water partition coefficient (Wildman–Crippen LogP) is 2.29. The molecule has 2 heterocycles. The first-order valence-electron chi connectivity index (χ1n) is 9.23. The largest absolute Gasteiger partial charge is 0.324 e. The van der Waals surface area contributed by atoms with Crippen molar-refractivity contribution in [2.75, 3.05) is 11.1 Å². The molecule has 1 aromatic heterocycles. The molecule has 0 bridgehead atoms. The Kier molecular flexibility index (Phi) is 5.84.